The molecule has 2 saturated carbocycles. The zero-order chi connectivity index (χ0) is 31.0. The minimum Gasteiger partial charge on any atom is -0.459 e. The highest BCUT2D eigenvalue weighted by molar-refractivity contribution is 5.34. The Morgan fingerprint density at radius 1 is 0.837 bits per heavy atom. The number of unbranched alkanes of at least 4 members (excludes halogenated alkanes) is 2. The van der Waals surface area contributed by atoms with E-state index in [0.29, 0.717) is 50.0 Å². The van der Waals surface area contributed by atoms with Gasteiger partial charge in [-0.2, -0.15) is 26.3 Å². The lowest BCUT2D eigenvalue weighted by atomic mass is 9.79. The van der Waals surface area contributed by atoms with Crippen LogP contribution in [0.4, 0.5) is 30.7 Å². The van der Waals surface area contributed by atoms with Crippen molar-refractivity contribution in [2.24, 2.45) is 11.8 Å². The Kier molecular flexibility index (Phi) is 11.4. The third kappa shape index (κ3) is 9.37. The van der Waals surface area contributed by atoms with E-state index in [1.807, 2.05) is 0 Å². The largest absolute Gasteiger partial charge is 0.459 e. The molecule has 2 aliphatic rings. The highest BCUT2D eigenvalue weighted by Gasteiger charge is 2.45. The normalized spacial score (nSPS) is 23.1. The number of halogens is 7. The van der Waals surface area contributed by atoms with Gasteiger partial charge in [0.25, 0.3) is 0 Å². The topological polar surface area (TPSA) is 27.7 Å². The van der Waals surface area contributed by atoms with E-state index in [2.05, 4.69) is 11.7 Å². The Morgan fingerprint density at radius 2 is 1.49 bits per heavy atom. The third-order valence-electron chi connectivity index (χ3n) is 8.67. The Morgan fingerprint density at radius 3 is 2.09 bits per heavy atom. The van der Waals surface area contributed by atoms with Crippen molar-refractivity contribution in [3.63, 3.8) is 0 Å². The summed E-state index contributed by atoms with van der Waals surface area (Å²) in [4.78, 5) is 0. The average Bonchev–Trinajstić information content (AvgIpc) is 2.97. The molecule has 0 heterocycles. The number of rotatable bonds is 13. The molecular formula is C33H39F7O3. The maximum absolute atomic E-state index is 15.0. The highest BCUT2D eigenvalue weighted by Crippen LogP contribution is 2.44. The molecule has 238 valence electrons. The van der Waals surface area contributed by atoms with Crippen LogP contribution >= 0.6 is 0 Å². The van der Waals surface area contributed by atoms with Gasteiger partial charge in [0.15, 0.2) is 6.26 Å². The van der Waals surface area contributed by atoms with Crippen LogP contribution in [-0.2, 0) is 10.8 Å². The van der Waals surface area contributed by atoms with Gasteiger partial charge in [0, 0.05) is 0 Å². The molecule has 0 aromatic heterocycles. The molecular weight excluding hydrogens is 577 g/mol. The van der Waals surface area contributed by atoms with E-state index in [0.717, 1.165) is 68.5 Å². The van der Waals surface area contributed by atoms with Gasteiger partial charge in [-0.3, -0.25) is 0 Å². The summed E-state index contributed by atoms with van der Waals surface area (Å²) >= 11 is 0. The number of hydrogen-bond donors (Lipinski definition) is 0. The summed E-state index contributed by atoms with van der Waals surface area (Å²) in [7, 11) is 0. The van der Waals surface area contributed by atoms with Crippen LogP contribution in [-0.4, -0.2) is 12.2 Å². The Labute approximate surface area is 248 Å². The predicted octanol–water partition coefficient (Wildman–Crippen LogP) is 11.1. The number of alkyl halides is 4. The zero-order valence-electron chi connectivity index (χ0n) is 24.3. The summed E-state index contributed by atoms with van der Waals surface area (Å²) in [5.74, 6) is -1.91. The lowest BCUT2D eigenvalue weighted by molar-refractivity contribution is -0.301. The van der Waals surface area contributed by atoms with Crippen molar-refractivity contribution in [3.8, 4) is 11.5 Å². The van der Waals surface area contributed by atoms with Gasteiger partial charge in [-0.15, -0.1) is 0 Å². The molecule has 10 heteroatoms. The van der Waals surface area contributed by atoms with Crippen molar-refractivity contribution in [2.45, 2.75) is 108 Å². The minimum absolute atomic E-state index is 0.0249. The summed E-state index contributed by atoms with van der Waals surface area (Å²) in [6.07, 6.45) is -0.766. The molecule has 4 rings (SSSR count). The molecule has 0 aliphatic heterocycles. The van der Waals surface area contributed by atoms with E-state index in [-0.39, 0.29) is 23.7 Å². The van der Waals surface area contributed by atoms with Crippen molar-refractivity contribution in [1.82, 2.24) is 0 Å². The molecule has 2 aliphatic carbocycles. The Hall–Kier alpha value is -2.75. The monoisotopic (exact) mass is 616 g/mol. The molecule has 0 saturated heterocycles. The van der Waals surface area contributed by atoms with Crippen molar-refractivity contribution >= 4 is 0 Å². The number of hydrogen-bond acceptors (Lipinski definition) is 3. The van der Waals surface area contributed by atoms with Crippen molar-refractivity contribution < 1.29 is 44.9 Å². The highest BCUT2D eigenvalue weighted by atomic mass is 19.3. The van der Waals surface area contributed by atoms with Gasteiger partial charge in [-0.05, 0) is 105 Å². The van der Waals surface area contributed by atoms with Crippen LogP contribution in [0.15, 0.2) is 54.8 Å². The Balaban J connectivity index is 1.27. The second-order valence-electron chi connectivity index (χ2n) is 11.7. The van der Waals surface area contributed by atoms with E-state index in [1.165, 1.54) is 12.5 Å². The fourth-order valence-electron chi connectivity index (χ4n) is 6.23. The lowest BCUT2D eigenvalue weighted by Gasteiger charge is -2.37. The standard InChI is InChI=1S/C33H39F7O3/c1-2-3-4-5-22-6-11-25(12-7-22)32(37,38)42-27-13-8-23(9-14-27)24-10-19-29(30(34)20-24)33(39,40)43-28-17-15-26(16-18-28)41-21-31(35)36/h10,15-23,25,27H,2-9,11-14H2,1H3. The van der Waals surface area contributed by atoms with Crippen LogP contribution in [0.5, 0.6) is 11.5 Å². The second kappa shape index (κ2) is 14.8. The van der Waals surface area contributed by atoms with E-state index >= 15 is 8.78 Å². The summed E-state index contributed by atoms with van der Waals surface area (Å²) < 4.78 is 113. The second-order valence-corrected chi connectivity index (χ2v) is 11.7. The average molecular weight is 617 g/mol. The summed E-state index contributed by atoms with van der Waals surface area (Å²) in [5, 5.41) is 0. The first-order valence-electron chi connectivity index (χ1n) is 15.2. The first-order valence-corrected chi connectivity index (χ1v) is 15.2. The molecule has 0 spiro atoms. The minimum atomic E-state index is -4.01. The molecule has 0 radical (unpaired) electrons. The quantitative estimate of drug-likeness (QED) is 0.127. The molecule has 43 heavy (non-hydrogen) atoms. The maximum atomic E-state index is 15.0. The van der Waals surface area contributed by atoms with Crippen molar-refractivity contribution in [1.29, 1.82) is 0 Å². The smallest absolute Gasteiger partial charge is 0.429 e. The summed E-state index contributed by atoms with van der Waals surface area (Å²) in [6.45, 7) is 2.15. The molecule has 0 N–H and O–H groups in total. The SMILES string of the molecule is CCCCCC1CCC(C(F)(F)OC2CCC(c3ccc(C(F)(F)Oc4ccc(OC=C(F)F)cc4)c(F)c3)CC2)CC1. The van der Waals surface area contributed by atoms with E-state index in [1.54, 1.807) is 0 Å². The number of ether oxygens (including phenoxy) is 3. The van der Waals surface area contributed by atoms with Crippen LogP contribution < -0.4 is 9.47 Å². The zero-order valence-corrected chi connectivity index (χ0v) is 24.3. The fourth-order valence-corrected chi connectivity index (χ4v) is 6.23. The van der Waals surface area contributed by atoms with Crippen LogP contribution in [0.1, 0.15) is 101 Å². The van der Waals surface area contributed by atoms with E-state index < -0.39 is 41.7 Å². The molecule has 0 bridgehead atoms. The molecule has 0 unspecified atom stereocenters. The van der Waals surface area contributed by atoms with Gasteiger partial charge >= 0.3 is 18.3 Å². The molecule has 2 aromatic rings. The van der Waals surface area contributed by atoms with Crippen molar-refractivity contribution in [2.75, 3.05) is 0 Å². The maximum Gasteiger partial charge on any atom is 0.429 e. The van der Waals surface area contributed by atoms with Crippen LogP contribution in [0.3, 0.4) is 0 Å². The first-order chi connectivity index (χ1) is 20.5. The summed E-state index contributed by atoms with van der Waals surface area (Å²) in [6, 6.07) is 7.89. The van der Waals surface area contributed by atoms with Crippen LogP contribution in [0.2, 0.25) is 0 Å². The first kappa shape index (κ1) is 33.1. The van der Waals surface area contributed by atoms with Gasteiger partial charge in [-0.1, -0.05) is 38.7 Å². The molecule has 0 atom stereocenters. The molecule has 0 amide bonds. The van der Waals surface area contributed by atoms with E-state index in [9.17, 15) is 22.0 Å². The van der Waals surface area contributed by atoms with E-state index in [4.69, 9.17) is 9.47 Å². The fraction of sp³-hybridized carbons (Fsp3) is 0.576. The molecule has 3 nitrogen and oxygen atoms in total. The predicted molar refractivity (Wildman–Crippen MR) is 149 cm³/mol. The van der Waals surface area contributed by atoms with Crippen LogP contribution in [0, 0.1) is 17.7 Å². The van der Waals surface area contributed by atoms with Gasteiger partial charge in [0.1, 0.15) is 17.3 Å². The van der Waals surface area contributed by atoms with Gasteiger partial charge < -0.3 is 14.2 Å². The third-order valence-corrected chi connectivity index (χ3v) is 8.67. The molecule has 2 fully saturated rings. The Bertz CT molecular complexity index is 1180. The van der Waals surface area contributed by atoms with Crippen molar-refractivity contribution in [3.05, 3.63) is 71.8 Å². The van der Waals surface area contributed by atoms with Gasteiger partial charge in [-0.25, -0.2) is 4.39 Å². The van der Waals surface area contributed by atoms with Gasteiger partial charge in [0.2, 0.25) is 0 Å². The van der Waals surface area contributed by atoms with Gasteiger partial charge in [0.05, 0.1) is 17.6 Å². The lowest BCUT2D eigenvalue weighted by Crippen LogP contribution is -2.39. The number of benzene rings is 2. The van der Waals surface area contributed by atoms with Crippen LogP contribution in [0.25, 0.3) is 0 Å². The summed E-state index contributed by atoms with van der Waals surface area (Å²) in [5.41, 5.74) is -0.450. The molecule has 2 aromatic carbocycles.